The lowest BCUT2D eigenvalue weighted by atomic mass is 10.0. The number of hydrogen-bond acceptors (Lipinski definition) is 14. The molecule has 0 aliphatic carbocycles. The monoisotopic (exact) mass is 832 g/mol. The second-order valence-electron chi connectivity index (χ2n) is 12.8. The molecule has 2 aliphatic heterocycles. The molecule has 18 nitrogen and oxygen atoms in total. The highest BCUT2D eigenvalue weighted by molar-refractivity contribution is 7.10. The van der Waals surface area contributed by atoms with E-state index in [2.05, 4.69) is 27.2 Å². The summed E-state index contributed by atoms with van der Waals surface area (Å²) in [5.74, 6) is -1.39. The molecule has 2 atom stereocenters. The van der Waals surface area contributed by atoms with Crippen LogP contribution in [0.2, 0.25) is 0 Å². The van der Waals surface area contributed by atoms with Gasteiger partial charge in [-0.3, -0.25) is 48.7 Å². The second-order valence-corrected chi connectivity index (χ2v) is 13.8. The molecule has 5 rings (SSSR count). The Balaban J connectivity index is 0.951. The Morgan fingerprint density at radius 2 is 1.64 bits per heavy atom. The molecule has 3 aromatic rings. The van der Waals surface area contributed by atoms with Gasteiger partial charge in [0.25, 0.3) is 11.8 Å². The summed E-state index contributed by atoms with van der Waals surface area (Å²) < 4.78 is 27.3. The van der Waals surface area contributed by atoms with Crippen LogP contribution < -0.4 is 35.6 Å². The summed E-state index contributed by atoms with van der Waals surface area (Å²) in [7, 11) is 2.89. The average molecular weight is 833 g/mol. The van der Waals surface area contributed by atoms with Crippen LogP contribution in [-0.4, -0.2) is 126 Å². The van der Waals surface area contributed by atoms with Gasteiger partial charge in [0, 0.05) is 36.1 Å². The molecule has 0 spiro atoms. The lowest BCUT2D eigenvalue weighted by Crippen LogP contribution is -2.54. The SMILES string of the molecule is C#CC(=O)N(c1ccc(OC)cc1OC)C(C(=O)NCC(=O)NCCOCCOCCOCCNc1cccc2c1C(=O)N(C1CCC(=O)NC1=O)C2=O)c1cccs1. The van der Waals surface area contributed by atoms with Crippen molar-refractivity contribution < 1.29 is 57.2 Å². The number of fused-ring (bicyclic) bond motifs is 1. The number of nitrogens with one attached hydrogen (secondary N) is 4. The molecule has 59 heavy (non-hydrogen) atoms. The first-order chi connectivity index (χ1) is 28.6. The molecule has 0 radical (unpaired) electrons. The molecule has 312 valence electrons. The number of hydrogen-bond donors (Lipinski definition) is 4. The fourth-order valence-electron chi connectivity index (χ4n) is 6.29. The Kier molecular flexibility index (Phi) is 15.9. The maximum atomic E-state index is 13.6. The van der Waals surface area contributed by atoms with Crippen molar-refractivity contribution in [3.05, 3.63) is 69.9 Å². The van der Waals surface area contributed by atoms with E-state index < -0.39 is 53.4 Å². The molecule has 1 saturated heterocycles. The molecule has 0 saturated carbocycles. The molecular formula is C40H44N6O12S. The fourth-order valence-corrected chi connectivity index (χ4v) is 7.10. The minimum Gasteiger partial charge on any atom is -0.497 e. The first kappa shape index (κ1) is 43.8. The molecular weight excluding hydrogens is 789 g/mol. The van der Waals surface area contributed by atoms with Crippen molar-refractivity contribution >= 4 is 64.1 Å². The number of piperidine rings is 1. The van der Waals surface area contributed by atoms with Gasteiger partial charge >= 0.3 is 5.91 Å². The number of methoxy groups -OCH3 is 2. The fraction of sp³-hybridized carbons (Fsp3) is 0.375. The highest BCUT2D eigenvalue weighted by atomic mass is 32.1. The molecule has 4 N–H and O–H groups in total. The number of imide groups is 2. The third kappa shape index (κ3) is 11.0. The molecule has 2 aliphatic rings. The predicted molar refractivity (Wildman–Crippen MR) is 213 cm³/mol. The first-order valence-corrected chi connectivity index (χ1v) is 19.4. The minimum absolute atomic E-state index is 0.0385. The Hall–Kier alpha value is -6.33. The van der Waals surface area contributed by atoms with Gasteiger partial charge in [0.2, 0.25) is 23.6 Å². The van der Waals surface area contributed by atoms with Crippen molar-refractivity contribution in [2.75, 3.05) is 83.7 Å². The van der Waals surface area contributed by atoms with E-state index in [-0.39, 0.29) is 88.1 Å². The average Bonchev–Trinajstić information content (AvgIpc) is 3.86. The molecule has 1 fully saturated rings. The Morgan fingerprint density at radius 3 is 2.31 bits per heavy atom. The van der Waals surface area contributed by atoms with E-state index >= 15 is 0 Å². The summed E-state index contributed by atoms with van der Waals surface area (Å²) in [4.78, 5) is 91.9. The number of terminal acetylenes is 1. The van der Waals surface area contributed by atoms with Crippen LogP contribution in [0.4, 0.5) is 11.4 Å². The van der Waals surface area contributed by atoms with Crippen molar-refractivity contribution in [2.24, 2.45) is 0 Å². The number of nitrogens with zero attached hydrogens (tertiary/aromatic N) is 2. The van der Waals surface area contributed by atoms with Crippen molar-refractivity contribution in [3.8, 4) is 23.8 Å². The van der Waals surface area contributed by atoms with Crippen LogP contribution in [0.3, 0.4) is 0 Å². The number of carbonyl (C=O) groups is 7. The van der Waals surface area contributed by atoms with Gasteiger partial charge < -0.3 is 39.6 Å². The van der Waals surface area contributed by atoms with Crippen molar-refractivity contribution in [3.63, 3.8) is 0 Å². The Bertz CT molecular complexity index is 2070. The van der Waals surface area contributed by atoms with E-state index in [0.29, 0.717) is 22.9 Å². The zero-order valence-electron chi connectivity index (χ0n) is 32.4. The van der Waals surface area contributed by atoms with Gasteiger partial charge in [0.1, 0.15) is 17.5 Å². The van der Waals surface area contributed by atoms with E-state index in [1.165, 1.54) is 31.6 Å². The van der Waals surface area contributed by atoms with Gasteiger partial charge in [-0.25, -0.2) is 0 Å². The summed E-state index contributed by atoms with van der Waals surface area (Å²) in [6.45, 7) is 1.69. The zero-order chi connectivity index (χ0) is 42.3. The minimum atomic E-state index is -1.20. The van der Waals surface area contributed by atoms with Crippen molar-refractivity contribution in [2.45, 2.75) is 24.9 Å². The number of benzene rings is 2. The van der Waals surface area contributed by atoms with Crippen LogP contribution in [-0.2, 0) is 38.2 Å². The van der Waals surface area contributed by atoms with Crippen molar-refractivity contribution in [1.29, 1.82) is 0 Å². The number of ether oxygens (including phenoxy) is 5. The quantitative estimate of drug-likeness (QED) is 0.0638. The van der Waals surface area contributed by atoms with Gasteiger partial charge in [-0.15, -0.1) is 17.8 Å². The molecule has 19 heteroatoms. The van der Waals surface area contributed by atoms with Gasteiger partial charge in [-0.2, -0.15) is 0 Å². The van der Waals surface area contributed by atoms with E-state index in [4.69, 9.17) is 30.1 Å². The van der Waals surface area contributed by atoms with Crippen LogP contribution >= 0.6 is 11.3 Å². The maximum absolute atomic E-state index is 13.6. The van der Waals surface area contributed by atoms with Crippen molar-refractivity contribution in [1.82, 2.24) is 20.9 Å². The Morgan fingerprint density at radius 1 is 0.915 bits per heavy atom. The van der Waals surface area contributed by atoms with Crippen LogP contribution in [0.1, 0.15) is 44.5 Å². The van der Waals surface area contributed by atoms with Gasteiger partial charge in [-0.1, -0.05) is 12.1 Å². The smallest absolute Gasteiger partial charge is 0.303 e. The van der Waals surface area contributed by atoms with Crippen LogP contribution in [0.15, 0.2) is 53.9 Å². The molecule has 1 aromatic heterocycles. The molecule has 2 unspecified atom stereocenters. The number of thiophene rings is 1. The number of anilines is 2. The van der Waals surface area contributed by atoms with Gasteiger partial charge in [0.15, 0.2) is 6.04 Å². The predicted octanol–water partition coefficient (Wildman–Crippen LogP) is 1.27. The Labute approximate surface area is 343 Å². The molecule has 7 amide bonds. The van der Waals surface area contributed by atoms with E-state index in [0.717, 1.165) is 9.80 Å². The third-order valence-electron chi connectivity index (χ3n) is 9.07. The summed E-state index contributed by atoms with van der Waals surface area (Å²) in [6.07, 6.45) is 5.62. The molecule has 0 bridgehead atoms. The topological polar surface area (TPSA) is 220 Å². The second kappa shape index (κ2) is 21.4. The van der Waals surface area contributed by atoms with Gasteiger partial charge in [0.05, 0.1) is 77.2 Å². The van der Waals surface area contributed by atoms with E-state index in [9.17, 15) is 33.6 Å². The van der Waals surface area contributed by atoms with Crippen LogP contribution in [0.25, 0.3) is 0 Å². The summed E-state index contributed by atoms with van der Waals surface area (Å²) in [5, 5.41) is 12.3. The maximum Gasteiger partial charge on any atom is 0.303 e. The summed E-state index contributed by atoms with van der Waals surface area (Å²) in [6, 6.07) is 10.7. The largest absolute Gasteiger partial charge is 0.497 e. The summed E-state index contributed by atoms with van der Waals surface area (Å²) in [5.41, 5.74) is 1.03. The molecule has 2 aromatic carbocycles. The van der Waals surface area contributed by atoms with E-state index in [1.807, 2.05) is 0 Å². The molecule has 3 heterocycles. The normalized spacial score (nSPS) is 15.1. The highest BCUT2D eigenvalue weighted by Crippen LogP contribution is 2.38. The number of rotatable bonds is 22. The lowest BCUT2D eigenvalue weighted by molar-refractivity contribution is -0.136. The van der Waals surface area contributed by atoms with Crippen LogP contribution in [0, 0.1) is 12.3 Å². The van der Waals surface area contributed by atoms with Crippen LogP contribution in [0.5, 0.6) is 11.5 Å². The number of amides is 7. The number of carbonyl (C=O) groups excluding carboxylic acids is 7. The third-order valence-corrected chi connectivity index (χ3v) is 10.00. The summed E-state index contributed by atoms with van der Waals surface area (Å²) >= 11 is 1.24. The first-order valence-electron chi connectivity index (χ1n) is 18.5. The van der Waals surface area contributed by atoms with E-state index in [1.54, 1.807) is 47.8 Å². The lowest BCUT2D eigenvalue weighted by Gasteiger charge is -2.30. The highest BCUT2D eigenvalue weighted by Gasteiger charge is 2.45. The standard InChI is InChI=1S/C40H44N6O12S/c1-4-34(49)45(28-11-10-25(54-2)23-30(28)55-3)36(31-9-6-22-59-31)38(51)43-24-33(48)42-15-17-57-19-21-58-20-18-56-16-14-41-27-8-5-7-26-35(27)40(53)46(39(26)52)29-12-13-32(47)44-37(29)50/h1,5-11,22-23,29,36,41H,12-21,24H2,2-3H3,(H,42,48)(H,43,51)(H,44,47,50). The van der Waals surface area contributed by atoms with Gasteiger partial charge in [-0.05, 0) is 48.1 Å². The zero-order valence-corrected chi connectivity index (χ0v) is 33.2.